The number of imidazole rings is 1. The first-order valence-electron chi connectivity index (χ1n) is 13.7. The number of rotatable bonds is 3. The van der Waals surface area contributed by atoms with Gasteiger partial charge in [-0.05, 0) is 78.5 Å². The molecule has 0 amide bonds. The molecule has 3 unspecified atom stereocenters. The number of likely N-dealkylation sites (tertiary alicyclic amines) is 1. The van der Waals surface area contributed by atoms with Crippen LogP contribution in [0.3, 0.4) is 0 Å². The Morgan fingerprint density at radius 1 is 1.03 bits per heavy atom. The van der Waals surface area contributed by atoms with Crippen molar-refractivity contribution in [1.82, 2.24) is 14.9 Å². The van der Waals surface area contributed by atoms with Gasteiger partial charge in [-0.1, -0.05) is 86.1 Å². The van der Waals surface area contributed by atoms with Crippen LogP contribution < -0.4 is 0 Å². The Hall–Kier alpha value is -2.88. The number of aromatic amines is 1. The van der Waals surface area contributed by atoms with Gasteiger partial charge in [0.25, 0.3) is 0 Å². The van der Waals surface area contributed by atoms with Gasteiger partial charge >= 0.3 is 0 Å². The monoisotopic (exact) mass is 507 g/mol. The third kappa shape index (κ3) is 3.78. The van der Waals surface area contributed by atoms with E-state index in [1.165, 1.54) is 49.9 Å². The van der Waals surface area contributed by atoms with Crippen LogP contribution in [-0.4, -0.2) is 34.0 Å². The fourth-order valence-electron chi connectivity index (χ4n) is 7.49. The first-order valence-corrected chi connectivity index (χ1v) is 14.1. The summed E-state index contributed by atoms with van der Waals surface area (Å²) in [5, 5.41) is 0.726. The van der Waals surface area contributed by atoms with Crippen molar-refractivity contribution >= 4 is 28.7 Å². The van der Waals surface area contributed by atoms with Gasteiger partial charge in [0.15, 0.2) is 0 Å². The average molecular weight is 508 g/mol. The van der Waals surface area contributed by atoms with Crippen molar-refractivity contribution in [3.8, 4) is 11.4 Å². The SMILES string of the molecule is C[C@H]1CN(C2CCC(C)(c3ccc(-c4nc5ccc(Cl)cc5[nH]4)cc3)C2)CCC12C=Cc1ccccc12. The largest absolute Gasteiger partial charge is 0.338 e. The molecule has 1 aliphatic heterocycles. The Labute approximate surface area is 224 Å². The fraction of sp³-hybridized carbons (Fsp3) is 0.364. The van der Waals surface area contributed by atoms with Crippen LogP contribution in [0, 0.1) is 5.92 Å². The van der Waals surface area contributed by atoms with E-state index in [4.69, 9.17) is 16.6 Å². The van der Waals surface area contributed by atoms with E-state index in [1.54, 1.807) is 5.56 Å². The van der Waals surface area contributed by atoms with E-state index in [0.29, 0.717) is 12.0 Å². The maximum Gasteiger partial charge on any atom is 0.138 e. The fourth-order valence-corrected chi connectivity index (χ4v) is 7.66. The van der Waals surface area contributed by atoms with Gasteiger partial charge in [0.2, 0.25) is 0 Å². The Morgan fingerprint density at radius 3 is 2.70 bits per heavy atom. The van der Waals surface area contributed by atoms with Crippen LogP contribution >= 0.6 is 11.6 Å². The summed E-state index contributed by atoms with van der Waals surface area (Å²) in [5.74, 6) is 1.53. The molecule has 4 heteroatoms. The third-order valence-electron chi connectivity index (χ3n) is 9.75. The number of allylic oxidation sites excluding steroid dienone is 1. The van der Waals surface area contributed by atoms with Crippen molar-refractivity contribution in [2.75, 3.05) is 13.1 Å². The number of halogens is 1. The Bertz CT molecular complexity index is 1500. The molecule has 3 aliphatic rings. The minimum absolute atomic E-state index is 0.225. The van der Waals surface area contributed by atoms with Crippen LogP contribution in [0.2, 0.25) is 5.02 Å². The van der Waals surface area contributed by atoms with Gasteiger partial charge in [-0.3, -0.25) is 0 Å². The highest BCUT2D eigenvalue weighted by atomic mass is 35.5. The highest BCUT2D eigenvalue weighted by Gasteiger charge is 2.46. The molecule has 2 aliphatic carbocycles. The standard InChI is InChI=1S/C33H34ClN3/c1-22-21-37(18-17-33(22)16-13-23-5-3-4-6-28(23)33)27-14-15-32(2,20-27)25-9-7-24(8-10-25)31-35-29-12-11-26(34)19-30(29)36-31/h3-13,16,19,22,27H,14-15,17-18,20-21H2,1-2H3,(H,35,36)/t22-,27?,32?,33?/m0/s1. The minimum Gasteiger partial charge on any atom is -0.338 e. The molecule has 3 nitrogen and oxygen atoms in total. The molecule has 1 N–H and O–H groups in total. The van der Waals surface area contributed by atoms with Gasteiger partial charge in [0, 0.05) is 28.6 Å². The lowest BCUT2D eigenvalue weighted by molar-refractivity contribution is 0.0879. The van der Waals surface area contributed by atoms with Crippen molar-refractivity contribution in [2.24, 2.45) is 5.92 Å². The number of hydrogen-bond donors (Lipinski definition) is 1. The molecule has 1 saturated heterocycles. The quantitative estimate of drug-likeness (QED) is 0.304. The molecule has 0 radical (unpaired) electrons. The molecule has 4 atom stereocenters. The van der Waals surface area contributed by atoms with E-state index >= 15 is 0 Å². The molecule has 3 aromatic carbocycles. The predicted octanol–water partition coefficient (Wildman–Crippen LogP) is 8.00. The number of piperidine rings is 1. The zero-order chi connectivity index (χ0) is 25.2. The van der Waals surface area contributed by atoms with E-state index in [2.05, 4.69) is 84.4 Å². The van der Waals surface area contributed by atoms with E-state index in [9.17, 15) is 0 Å². The van der Waals surface area contributed by atoms with Gasteiger partial charge in [-0.15, -0.1) is 0 Å². The molecule has 1 aromatic heterocycles. The van der Waals surface area contributed by atoms with Gasteiger partial charge < -0.3 is 9.88 Å². The number of nitrogens with zero attached hydrogens (tertiary/aromatic N) is 2. The number of aromatic nitrogens is 2. The molecule has 1 spiro atoms. The number of H-pyrrole nitrogens is 1. The van der Waals surface area contributed by atoms with Crippen LogP contribution in [0.25, 0.3) is 28.5 Å². The van der Waals surface area contributed by atoms with Crippen LogP contribution in [0.15, 0.2) is 72.8 Å². The highest BCUT2D eigenvalue weighted by Crippen LogP contribution is 2.49. The second-order valence-corrected chi connectivity index (χ2v) is 12.3. The third-order valence-corrected chi connectivity index (χ3v) is 9.99. The minimum atomic E-state index is 0.225. The van der Waals surface area contributed by atoms with Gasteiger partial charge in [0.1, 0.15) is 5.82 Å². The second kappa shape index (κ2) is 8.58. The number of benzene rings is 3. The van der Waals surface area contributed by atoms with Crippen molar-refractivity contribution in [3.05, 3.63) is 94.5 Å². The van der Waals surface area contributed by atoms with Crippen molar-refractivity contribution < 1.29 is 0 Å². The van der Waals surface area contributed by atoms with Crippen molar-refractivity contribution in [3.63, 3.8) is 0 Å². The van der Waals surface area contributed by atoms with Gasteiger partial charge in [-0.25, -0.2) is 4.98 Å². The zero-order valence-corrected chi connectivity index (χ0v) is 22.4. The van der Waals surface area contributed by atoms with Gasteiger partial charge in [0.05, 0.1) is 11.0 Å². The highest BCUT2D eigenvalue weighted by molar-refractivity contribution is 6.31. The lowest BCUT2D eigenvalue weighted by Gasteiger charge is -2.46. The summed E-state index contributed by atoms with van der Waals surface area (Å²) in [5.41, 5.74) is 7.92. The molecule has 2 fully saturated rings. The number of fused-ring (bicyclic) bond motifs is 3. The summed E-state index contributed by atoms with van der Waals surface area (Å²) in [6, 6.07) is 24.6. The summed E-state index contributed by atoms with van der Waals surface area (Å²) < 4.78 is 0. The Morgan fingerprint density at radius 2 is 1.86 bits per heavy atom. The predicted molar refractivity (Wildman–Crippen MR) is 154 cm³/mol. The lowest BCUT2D eigenvalue weighted by atomic mass is 9.67. The smallest absolute Gasteiger partial charge is 0.138 e. The van der Waals surface area contributed by atoms with E-state index < -0.39 is 0 Å². The maximum atomic E-state index is 6.16. The molecule has 1 saturated carbocycles. The molecular weight excluding hydrogens is 474 g/mol. The van der Waals surface area contributed by atoms with Crippen LogP contribution in [-0.2, 0) is 10.8 Å². The molecular formula is C33H34ClN3. The van der Waals surface area contributed by atoms with E-state index in [1.807, 2.05) is 18.2 Å². The molecule has 37 heavy (non-hydrogen) atoms. The normalized spacial score (nSPS) is 29.4. The van der Waals surface area contributed by atoms with Crippen LogP contribution in [0.5, 0.6) is 0 Å². The van der Waals surface area contributed by atoms with Crippen LogP contribution in [0.1, 0.15) is 56.2 Å². The van der Waals surface area contributed by atoms with Gasteiger partial charge in [-0.2, -0.15) is 0 Å². The summed E-state index contributed by atoms with van der Waals surface area (Å²) in [6.45, 7) is 7.32. The summed E-state index contributed by atoms with van der Waals surface area (Å²) >= 11 is 6.16. The second-order valence-electron chi connectivity index (χ2n) is 11.9. The zero-order valence-electron chi connectivity index (χ0n) is 21.7. The number of nitrogens with one attached hydrogen (secondary N) is 1. The van der Waals surface area contributed by atoms with Crippen molar-refractivity contribution in [1.29, 1.82) is 0 Å². The van der Waals surface area contributed by atoms with Crippen molar-refractivity contribution in [2.45, 2.75) is 56.4 Å². The average Bonchev–Trinajstić information content (AvgIpc) is 3.62. The maximum absolute atomic E-state index is 6.16. The molecule has 4 aromatic rings. The summed E-state index contributed by atoms with van der Waals surface area (Å²) in [7, 11) is 0. The van der Waals surface area contributed by atoms with E-state index in [-0.39, 0.29) is 10.8 Å². The molecule has 2 heterocycles. The first-order chi connectivity index (χ1) is 17.9. The molecule has 0 bridgehead atoms. The summed E-state index contributed by atoms with van der Waals surface area (Å²) in [4.78, 5) is 11.0. The Kier molecular flexibility index (Phi) is 5.39. The number of hydrogen-bond acceptors (Lipinski definition) is 2. The Balaban J connectivity index is 1.06. The van der Waals surface area contributed by atoms with Crippen LogP contribution in [0.4, 0.5) is 0 Å². The topological polar surface area (TPSA) is 31.9 Å². The van der Waals surface area contributed by atoms with E-state index in [0.717, 1.165) is 27.4 Å². The lowest BCUT2D eigenvalue weighted by Crippen LogP contribution is -2.50. The molecule has 188 valence electrons. The first kappa shape index (κ1) is 23.3. The summed E-state index contributed by atoms with van der Waals surface area (Å²) in [6.07, 6.45) is 9.87. The molecule has 7 rings (SSSR count).